The first-order valence-electron chi connectivity index (χ1n) is 8.71. The summed E-state index contributed by atoms with van der Waals surface area (Å²) >= 11 is 17.7. The highest BCUT2D eigenvalue weighted by atomic mass is 35.5. The molecular formula is C20H23Cl2N3S. The summed E-state index contributed by atoms with van der Waals surface area (Å²) in [5.74, 6) is 0. The zero-order valence-electron chi connectivity index (χ0n) is 15.1. The van der Waals surface area contributed by atoms with Gasteiger partial charge in [0, 0.05) is 38.4 Å². The molecule has 138 valence electrons. The van der Waals surface area contributed by atoms with Gasteiger partial charge in [0.2, 0.25) is 0 Å². The Bertz CT molecular complexity index is 781. The summed E-state index contributed by atoms with van der Waals surface area (Å²) in [6.45, 7) is 8.84. The van der Waals surface area contributed by atoms with Crippen LogP contribution in [-0.4, -0.2) is 41.1 Å². The zero-order chi connectivity index (χ0) is 18.7. The van der Waals surface area contributed by atoms with Crippen LogP contribution in [0.3, 0.4) is 0 Å². The zero-order valence-corrected chi connectivity index (χ0v) is 17.4. The molecule has 0 saturated carbocycles. The molecule has 0 aromatic heterocycles. The number of thiocarbonyl (C=S) groups is 1. The predicted octanol–water partition coefficient (Wildman–Crippen LogP) is 5.12. The first kappa shape index (κ1) is 19.4. The highest BCUT2D eigenvalue weighted by Crippen LogP contribution is 2.23. The molecular weight excluding hydrogens is 385 g/mol. The summed E-state index contributed by atoms with van der Waals surface area (Å²) in [6, 6.07) is 12.3. The van der Waals surface area contributed by atoms with Crippen LogP contribution in [0.25, 0.3) is 0 Å². The third-order valence-corrected chi connectivity index (χ3v) is 5.62. The molecule has 1 saturated heterocycles. The molecule has 0 amide bonds. The number of halogens is 2. The highest BCUT2D eigenvalue weighted by molar-refractivity contribution is 7.80. The lowest BCUT2D eigenvalue weighted by molar-refractivity contribution is 0.177. The van der Waals surface area contributed by atoms with Gasteiger partial charge in [0.25, 0.3) is 0 Å². The van der Waals surface area contributed by atoms with Crippen molar-refractivity contribution in [2.24, 2.45) is 0 Å². The minimum absolute atomic E-state index is 0.600. The van der Waals surface area contributed by atoms with Crippen molar-refractivity contribution in [3.63, 3.8) is 0 Å². The van der Waals surface area contributed by atoms with Crippen LogP contribution in [0.5, 0.6) is 0 Å². The average Bonchev–Trinajstić information content (AvgIpc) is 2.58. The van der Waals surface area contributed by atoms with Gasteiger partial charge < -0.3 is 10.2 Å². The van der Waals surface area contributed by atoms with E-state index in [9.17, 15) is 0 Å². The van der Waals surface area contributed by atoms with Gasteiger partial charge in [-0.15, -0.1) is 0 Å². The number of piperazine rings is 1. The van der Waals surface area contributed by atoms with Gasteiger partial charge in [-0.3, -0.25) is 4.90 Å². The van der Waals surface area contributed by atoms with Crippen LogP contribution in [0, 0.1) is 13.8 Å². The van der Waals surface area contributed by atoms with Crippen LogP contribution in [0.2, 0.25) is 10.0 Å². The molecule has 2 aromatic carbocycles. The van der Waals surface area contributed by atoms with Crippen LogP contribution in [0.1, 0.15) is 16.7 Å². The van der Waals surface area contributed by atoms with E-state index >= 15 is 0 Å². The van der Waals surface area contributed by atoms with E-state index in [2.05, 4.69) is 47.2 Å². The summed E-state index contributed by atoms with van der Waals surface area (Å²) in [6.07, 6.45) is 0. The molecule has 26 heavy (non-hydrogen) atoms. The van der Waals surface area contributed by atoms with Crippen LogP contribution in [0.15, 0.2) is 36.4 Å². The summed E-state index contributed by atoms with van der Waals surface area (Å²) in [4.78, 5) is 4.65. The maximum atomic E-state index is 6.11. The summed E-state index contributed by atoms with van der Waals surface area (Å²) in [5, 5.41) is 5.39. The molecule has 3 rings (SSSR count). The molecule has 3 nitrogen and oxygen atoms in total. The Balaban J connectivity index is 1.52. The fourth-order valence-electron chi connectivity index (χ4n) is 3.25. The lowest BCUT2D eigenvalue weighted by atomic mass is 10.1. The quantitative estimate of drug-likeness (QED) is 0.710. The Kier molecular flexibility index (Phi) is 6.41. The number of rotatable bonds is 3. The number of hydrogen-bond donors (Lipinski definition) is 1. The summed E-state index contributed by atoms with van der Waals surface area (Å²) < 4.78 is 0. The first-order chi connectivity index (χ1) is 12.4. The molecule has 1 aliphatic rings. The van der Waals surface area contributed by atoms with E-state index in [-0.39, 0.29) is 0 Å². The van der Waals surface area contributed by atoms with Crippen molar-refractivity contribution in [1.82, 2.24) is 9.80 Å². The minimum atomic E-state index is 0.600. The minimum Gasteiger partial charge on any atom is -0.346 e. The third-order valence-electron chi connectivity index (χ3n) is 4.52. The number of aryl methyl sites for hydroxylation is 2. The molecule has 0 atom stereocenters. The molecule has 0 radical (unpaired) electrons. The number of hydrogen-bond acceptors (Lipinski definition) is 2. The van der Waals surface area contributed by atoms with Gasteiger partial charge in [-0.25, -0.2) is 0 Å². The van der Waals surface area contributed by atoms with E-state index < -0.39 is 0 Å². The van der Waals surface area contributed by atoms with Gasteiger partial charge in [-0.05, 0) is 67.0 Å². The van der Waals surface area contributed by atoms with E-state index in [0.717, 1.165) is 43.5 Å². The molecule has 0 aliphatic carbocycles. The summed E-state index contributed by atoms with van der Waals surface area (Å²) in [7, 11) is 0. The standard InChI is InChI=1S/C20H23Cl2N3S/c1-14-9-15(2)11-17(10-14)23-20(26)25-7-5-24(6-8-25)13-16-3-4-18(21)19(22)12-16/h3-4,9-12H,5-8,13H2,1-2H3,(H,23,26). The maximum Gasteiger partial charge on any atom is 0.173 e. The van der Waals surface area contributed by atoms with Gasteiger partial charge in [0.15, 0.2) is 5.11 Å². The monoisotopic (exact) mass is 407 g/mol. The number of nitrogens with one attached hydrogen (secondary N) is 1. The van der Waals surface area contributed by atoms with E-state index in [1.165, 1.54) is 16.7 Å². The van der Waals surface area contributed by atoms with Crippen LogP contribution in [0.4, 0.5) is 5.69 Å². The highest BCUT2D eigenvalue weighted by Gasteiger charge is 2.19. The lowest BCUT2D eigenvalue weighted by Crippen LogP contribution is -2.49. The molecule has 1 aliphatic heterocycles. The first-order valence-corrected chi connectivity index (χ1v) is 9.87. The molecule has 6 heteroatoms. The molecule has 0 spiro atoms. The van der Waals surface area contributed by atoms with Crippen molar-refractivity contribution in [3.05, 3.63) is 63.1 Å². The molecule has 1 fully saturated rings. The molecule has 0 bridgehead atoms. The normalized spacial score (nSPS) is 15.2. The summed E-state index contributed by atoms with van der Waals surface area (Å²) in [5.41, 5.74) is 4.72. The van der Waals surface area contributed by atoms with Crippen molar-refractivity contribution in [2.75, 3.05) is 31.5 Å². The molecule has 0 unspecified atom stereocenters. The molecule has 2 aromatic rings. The van der Waals surface area contributed by atoms with Gasteiger partial charge >= 0.3 is 0 Å². The van der Waals surface area contributed by atoms with Gasteiger partial charge in [0.1, 0.15) is 0 Å². The Hall–Kier alpha value is -1.33. The van der Waals surface area contributed by atoms with Gasteiger partial charge in [0.05, 0.1) is 10.0 Å². The SMILES string of the molecule is Cc1cc(C)cc(NC(=S)N2CCN(Cc3ccc(Cl)c(Cl)c3)CC2)c1. The number of benzene rings is 2. The van der Waals surface area contributed by atoms with Crippen LogP contribution >= 0.6 is 35.4 Å². The molecule has 1 N–H and O–H groups in total. The van der Waals surface area contributed by atoms with Crippen molar-refractivity contribution in [1.29, 1.82) is 0 Å². The molecule has 1 heterocycles. The number of nitrogens with zero attached hydrogens (tertiary/aromatic N) is 2. The van der Waals surface area contributed by atoms with E-state index in [0.29, 0.717) is 10.0 Å². The predicted molar refractivity (Wildman–Crippen MR) is 115 cm³/mol. The van der Waals surface area contributed by atoms with Crippen molar-refractivity contribution < 1.29 is 0 Å². The smallest absolute Gasteiger partial charge is 0.173 e. The average molecular weight is 408 g/mol. The van der Waals surface area contributed by atoms with E-state index in [1.54, 1.807) is 0 Å². The second-order valence-corrected chi connectivity index (χ2v) is 8.02. The Morgan fingerprint density at radius 2 is 1.62 bits per heavy atom. The van der Waals surface area contributed by atoms with E-state index in [4.69, 9.17) is 35.4 Å². The Morgan fingerprint density at radius 1 is 0.962 bits per heavy atom. The van der Waals surface area contributed by atoms with Crippen molar-refractivity contribution in [3.8, 4) is 0 Å². The van der Waals surface area contributed by atoms with Gasteiger partial charge in [-0.2, -0.15) is 0 Å². The van der Waals surface area contributed by atoms with Crippen molar-refractivity contribution in [2.45, 2.75) is 20.4 Å². The fourth-order valence-corrected chi connectivity index (χ4v) is 3.88. The lowest BCUT2D eigenvalue weighted by Gasteiger charge is -2.36. The van der Waals surface area contributed by atoms with Gasteiger partial charge in [-0.1, -0.05) is 35.3 Å². The second kappa shape index (κ2) is 8.57. The maximum absolute atomic E-state index is 6.11. The Labute approximate surface area is 170 Å². The largest absolute Gasteiger partial charge is 0.346 e. The second-order valence-electron chi connectivity index (χ2n) is 6.82. The Morgan fingerprint density at radius 3 is 2.23 bits per heavy atom. The van der Waals surface area contributed by atoms with Crippen molar-refractivity contribution >= 4 is 46.2 Å². The van der Waals surface area contributed by atoms with Crippen LogP contribution in [-0.2, 0) is 6.54 Å². The fraction of sp³-hybridized carbons (Fsp3) is 0.350. The third kappa shape index (κ3) is 5.10. The van der Waals surface area contributed by atoms with Crippen LogP contribution < -0.4 is 5.32 Å². The number of anilines is 1. The van der Waals surface area contributed by atoms with E-state index in [1.807, 2.05) is 18.2 Å². The topological polar surface area (TPSA) is 18.5 Å².